The first-order chi connectivity index (χ1) is 27.9. The van der Waals surface area contributed by atoms with Crippen LogP contribution in [-0.2, 0) is 67.1 Å². The molecule has 61 heavy (non-hydrogen) atoms. The number of aliphatic carboxylic acids is 7. The van der Waals surface area contributed by atoms with Gasteiger partial charge in [-0.25, -0.2) is 0 Å². The predicted molar refractivity (Wildman–Crippen MR) is 198 cm³/mol. The van der Waals surface area contributed by atoms with Crippen molar-refractivity contribution in [2.75, 3.05) is 0 Å². The number of hydrogen-bond donors (Lipinski definition) is 11. The van der Waals surface area contributed by atoms with Crippen LogP contribution in [0.5, 0.6) is 0 Å². The number of carbonyl (C=O) groups excluding carboxylic acids is 7. The molecule has 0 saturated heterocycles. The van der Waals surface area contributed by atoms with Crippen molar-refractivity contribution in [1.29, 1.82) is 0 Å². The van der Waals surface area contributed by atoms with Crippen LogP contribution in [0.25, 0.3) is 0 Å². The Balaban J connectivity index is 6.55. The average molecular weight is 875 g/mol. The Morgan fingerprint density at radius 3 is 0.836 bits per heavy atom. The molecule has 0 bridgehead atoms. The molecule has 0 unspecified atom stereocenters. The van der Waals surface area contributed by atoms with Crippen molar-refractivity contribution in [1.82, 2.24) is 21.3 Å². The minimum atomic E-state index is -2.13. The summed E-state index contributed by atoms with van der Waals surface area (Å²) in [6.45, 7) is 5.66. The topological polar surface area (TPSA) is 429 Å². The van der Waals surface area contributed by atoms with Crippen LogP contribution in [0.4, 0.5) is 0 Å². The highest BCUT2D eigenvalue weighted by molar-refractivity contribution is 6.00. The first-order valence-corrected chi connectivity index (χ1v) is 18.2. The highest BCUT2D eigenvalue weighted by Crippen LogP contribution is 2.19. The fourth-order valence-corrected chi connectivity index (χ4v) is 5.68. The number of carboxylic acids is 7. The van der Waals surface area contributed by atoms with E-state index in [4.69, 9.17) is 5.11 Å². The number of nitrogens with one attached hydrogen (secondary N) is 4. The number of ketones is 4. The van der Waals surface area contributed by atoms with Crippen molar-refractivity contribution in [2.45, 2.75) is 122 Å². The maximum atomic E-state index is 13.5. The molecular weight excluding hydrogens is 824 g/mol. The second-order valence-electron chi connectivity index (χ2n) is 15.0. The van der Waals surface area contributed by atoms with Crippen molar-refractivity contribution < 1.29 is 103 Å². The van der Waals surface area contributed by atoms with Crippen LogP contribution < -0.4 is 21.3 Å². The summed E-state index contributed by atoms with van der Waals surface area (Å²) in [5.74, 6) is -25.9. The number of Topliss-reactive ketones (excluding diaryl/α,β-unsaturated/α-hetero) is 4. The summed E-state index contributed by atoms with van der Waals surface area (Å²) in [5, 5.41) is 74.1. The molecule has 3 amide bonds. The first kappa shape index (κ1) is 54.3. The maximum absolute atomic E-state index is 13.5. The molecule has 0 radical (unpaired) electrons. The molecule has 7 atom stereocenters. The van der Waals surface area contributed by atoms with E-state index in [9.17, 15) is 97.8 Å². The summed E-state index contributed by atoms with van der Waals surface area (Å²) in [5.41, 5.74) is -0.843. The van der Waals surface area contributed by atoms with E-state index in [2.05, 4.69) is 5.32 Å². The standard InChI is InChI=1S/C36H50N4O21/c1-15(41)19(11-29(51)52)37-33(59)16(8-26(45)46)5-23(42)20(12-30(53)54)38-34(60)17(9-27(47)48)6-24(43)21(13-31(55)56)39-35(61)18(10-28(49)50)7-25(44)22(14-32(57)58)40-36(2,3)4/h16-22,40H,5-14H2,1-4H3,(H,37,59)(H,38,60)(H,39,61)(H,45,46)(H,47,48)(H,49,50)(H,51,52)(H,53,54)(H,55,56)(H,57,58)/t16-,17-,18-,19-,20-,21-,22-/m0/s1. The molecule has 0 aromatic heterocycles. The zero-order valence-electron chi connectivity index (χ0n) is 33.5. The summed E-state index contributed by atoms with van der Waals surface area (Å²) in [6, 6.07) is -7.33. The van der Waals surface area contributed by atoms with Gasteiger partial charge in [-0.1, -0.05) is 0 Å². The van der Waals surface area contributed by atoms with E-state index in [-0.39, 0.29) is 0 Å². The molecule has 0 fully saturated rings. The molecule has 0 aliphatic carbocycles. The van der Waals surface area contributed by atoms with E-state index in [1.807, 2.05) is 16.0 Å². The third-order valence-corrected chi connectivity index (χ3v) is 8.45. The Bertz CT molecular complexity index is 1750. The Morgan fingerprint density at radius 1 is 0.361 bits per heavy atom. The number of amides is 3. The summed E-state index contributed by atoms with van der Waals surface area (Å²) >= 11 is 0. The fraction of sp³-hybridized carbons (Fsp3) is 0.611. The fourth-order valence-electron chi connectivity index (χ4n) is 5.68. The summed E-state index contributed by atoms with van der Waals surface area (Å²) < 4.78 is 0. The van der Waals surface area contributed by atoms with Crippen LogP contribution in [0, 0.1) is 17.8 Å². The van der Waals surface area contributed by atoms with Crippen molar-refractivity contribution in [3.8, 4) is 0 Å². The summed E-state index contributed by atoms with van der Waals surface area (Å²) in [7, 11) is 0. The number of carbonyl (C=O) groups is 14. The molecule has 0 aromatic carbocycles. The Kier molecular flexibility index (Phi) is 22.3. The predicted octanol–water partition coefficient (Wildman–Crippen LogP) is -2.16. The van der Waals surface area contributed by atoms with Gasteiger partial charge < -0.3 is 57.0 Å². The van der Waals surface area contributed by atoms with Crippen LogP contribution >= 0.6 is 0 Å². The number of hydrogen-bond acceptors (Lipinski definition) is 15. The van der Waals surface area contributed by atoms with Gasteiger partial charge in [-0.15, -0.1) is 0 Å². The molecular formula is C36H50N4O21. The third-order valence-electron chi connectivity index (χ3n) is 8.45. The third kappa shape index (κ3) is 22.9. The lowest BCUT2D eigenvalue weighted by molar-refractivity contribution is -0.146. The van der Waals surface area contributed by atoms with Gasteiger partial charge >= 0.3 is 41.8 Å². The lowest BCUT2D eigenvalue weighted by Crippen LogP contribution is -2.51. The molecule has 0 aliphatic heterocycles. The van der Waals surface area contributed by atoms with Gasteiger partial charge in [-0.3, -0.25) is 67.1 Å². The number of carboxylic acid groups (broad SMARTS) is 7. The molecule has 11 N–H and O–H groups in total. The summed E-state index contributed by atoms with van der Waals surface area (Å²) in [4.78, 5) is 172. The zero-order valence-corrected chi connectivity index (χ0v) is 33.5. The van der Waals surface area contributed by atoms with Gasteiger partial charge in [0.15, 0.2) is 23.1 Å². The molecule has 0 spiro atoms. The molecule has 0 saturated carbocycles. The number of rotatable bonds is 31. The quantitative estimate of drug-likeness (QED) is 0.0353. The van der Waals surface area contributed by atoms with Gasteiger partial charge in [-0.05, 0) is 27.7 Å². The van der Waals surface area contributed by atoms with E-state index in [0.29, 0.717) is 0 Å². The average Bonchev–Trinajstić information content (AvgIpc) is 3.07. The smallest absolute Gasteiger partial charge is 0.305 e. The van der Waals surface area contributed by atoms with Crippen LogP contribution in [0.15, 0.2) is 0 Å². The lowest BCUT2D eigenvalue weighted by atomic mass is 9.90. The monoisotopic (exact) mass is 874 g/mol. The first-order valence-electron chi connectivity index (χ1n) is 18.2. The Labute approximate surface area is 346 Å². The molecule has 25 heteroatoms. The zero-order chi connectivity index (χ0) is 47.5. The molecule has 340 valence electrons. The highest BCUT2D eigenvalue weighted by Gasteiger charge is 2.37. The van der Waals surface area contributed by atoms with E-state index in [1.54, 1.807) is 20.8 Å². The van der Waals surface area contributed by atoms with Gasteiger partial charge in [0.25, 0.3) is 0 Å². The molecule has 0 rings (SSSR count). The van der Waals surface area contributed by atoms with Gasteiger partial charge in [0.2, 0.25) is 17.7 Å². The van der Waals surface area contributed by atoms with Gasteiger partial charge in [0, 0.05) is 24.8 Å². The van der Waals surface area contributed by atoms with Crippen LogP contribution in [0.3, 0.4) is 0 Å². The van der Waals surface area contributed by atoms with E-state index in [0.717, 1.165) is 6.92 Å². The van der Waals surface area contributed by atoms with Crippen molar-refractivity contribution in [3.63, 3.8) is 0 Å². The highest BCUT2D eigenvalue weighted by atomic mass is 16.4. The minimum Gasteiger partial charge on any atom is -0.481 e. The van der Waals surface area contributed by atoms with Crippen LogP contribution in [0.1, 0.15) is 91.9 Å². The Hall–Kier alpha value is -6.66. The SMILES string of the molecule is CC(=O)[C@H](CC(=O)O)NC(=O)[C@H](CC(=O)O)CC(=O)[C@H](CC(=O)O)NC(=O)[C@H](CC(=O)O)CC(=O)[C@H](CC(=O)O)NC(=O)[C@H](CC(=O)O)CC(=O)[C@H](CC(=O)O)NC(C)(C)C. The minimum absolute atomic E-state index is 0.780. The van der Waals surface area contributed by atoms with Crippen molar-refractivity contribution in [3.05, 3.63) is 0 Å². The van der Waals surface area contributed by atoms with E-state index < -0.39 is 194 Å². The van der Waals surface area contributed by atoms with Gasteiger partial charge in [0.05, 0.1) is 86.9 Å². The van der Waals surface area contributed by atoms with Gasteiger partial charge in [0.1, 0.15) is 0 Å². The molecule has 25 nitrogen and oxygen atoms in total. The van der Waals surface area contributed by atoms with Crippen LogP contribution in [-0.4, -0.2) is 148 Å². The Morgan fingerprint density at radius 2 is 0.590 bits per heavy atom. The summed E-state index contributed by atoms with van der Waals surface area (Å²) in [6.07, 6.45) is -10.9. The van der Waals surface area contributed by atoms with Crippen molar-refractivity contribution in [2.24, 2.45) is 17.8 Å². The lowest BCUT2D eigenvalue weighted by Gasteiger charge is -2.28. The van der Waals surface area contributed by atoms with E-state index >= 15 is 0 Å². The van der Waals surface area contributed by atoms with Crippen LogP contribution in [0.2, 0.25) is 0 Å². The molecule has 0 aromatic rings. The van der Waals surface area contributed by atoms with E-state index in [1.165, 1.54) is 0 Å². The van der Waals surface area contributed by atoms with Crippen molar-refractivity contribution >= 4 is 82.6 Å². The second-order valence-corrected chi connectivity index (χ2v) is 15.0. The maximum Gasteiger partial charge on any atom is 0.305 e. The molecule has 0 heterocycles. The molecule has 0 aliphatic rings. The normalized spacial score (nSPS) is 14.6. The van der Waals surface area contributed by atoms with Gasteiger partial charge in [-0.2, -0.15) is 0 Å². The largest absolute Gasteiger partial charge is 0.481 e. The second kappa shape index (κ2) is 25.1.